The molecule has 0 unspecified atom stereocenters. The molecule has 1 rings (SSSR count). The second kappa shape index (κ2) is 5.80. The molecule has 0 aliphatic heterocycles. The van der Waals surface area contributed by atoms with Gasteiger partial charge in [-0.05, 0) is 18.9 Å². The fraction of sp³-hybridized carbons (Fsp3) is 0.273. The maximum Gasteiger partial charge on any atom is 0.216 e. The van der Waals surface area contributed by atoms with Crippen molar-refractivity contribution in [1.29, 1.82) is 0 Å². The maximum absolute atomic E-state index is 7.45. The van der Waals surface area contributed by atoms with Gasteiger partial charge in [-0.1, -0.05) is 30.3 Å². The van der Waals surface area contributed by atoms with E-state index >= 15 is 0 Å². The lowest BCUT2D eigenvalue weighted by Crippen LogP contribution is -2.16. The highest BCUT2D eigenvalue weighted by molar-refractivity contribution is 5.93. The van der Waals surface area contributed by atoms with Crippen LogP contribution in [-0.4, -0.2) is 18.3 Å². The fourth-order valence-electron chi connectivity index (χ4n) is 1.10. The van der Waals surface area contributed by atoms with Gasteiger partial charge in [0, 0.05) is 6.54 Å². The van der Waals surface area contributed by atoms with Crippen LogP contribution in [0.2, 0.25) is 0 Å². The van der Waals surface area contributed by atoms with Gasteiger partial charge in [0.1, 0.15) is 0 Å². The van der Waals surface area contributed by atoms with Gasteiger partial charge in [0.25, 0.3) is 0 Å². The number of nitrogens with zero attached hydrogens (tertiary/aromatic N) is 2. The molecule has 0 saturated heterocycles. The van der Waals surface area contributed by atoms with Crippen LogP contribution in [0.4, 0.5) is 0 Å². The zero-order valence-corrected chi connectivity index (χ0v) is 8.77. The van der Waals surface area contributed by atoms with Gasteiger partial charge in [-0.3, -0.25) is 4.99 Å². The van der Waals surface area contributed by atoms with Crippen LogP contribution in [0.1, 0.15) is 13.9 Å². The number of benzene rings is 1. The summed E-state index contributed by atoms with van der Waals surface area (Å²) in [5, 5.41) is 0. The molecule has 4 heteroatoms. The number of nitrogens with two attached hydrogens (primary N) is 2. The van der Waals surface area contributed by atoms with Crippen LogP contribution in [0, 0.1) is 0 Å². The number of hydrogen-bond donors (Lipinski definition) is 2. The van der Waals surface area contributed by atoms with Crippen molar-refractivity contribution in [3.63, 3.8) is 0 Å². The first-order valence-electron chi connectivity index (χ1n) is 5.24. The lowest BCUT2D eigenvalue weighted by atomic mass is 10.2. The SMILES string of the molecule is [2H]c1cccc(CCN=C(N)N=C(C)N)c1. The molecule has 1 aromatic rings. The summed E-state index contributed by atoms with van der Waals surface area (Å²) in [6.45, 7) is 2.21. The third-order valence-corrected chi connectivity index (χ3v) is 1.74. The molecule has 80 valence electrons. The molecule has 0 heterocycles. The van der Waals surface area contributed by atoms with Crippen molar-refractivity contribution in [3.8, 4) is 0 Å². The normalized spacial score (nSPS) is 13.8. The molecular weight excluding hydrogens is 188 g/mol. The van der Waals surface area contributed by atoms with Crippen LogP contribution >= 0.6 is 0 Å². The van der Waals surface area contributed by atoms with Crippen molar-refractivity contribution in [2.24, 2.45) is 21.5 Å². The lowest BCUT2D eigenvalue weighted by molar-refractivity contribution is 0.962. The van der Waals surface area contributed by atoms with Gasteiger partial charge >= 0.3 is 0 Å². The molecule has 0 bridgehead atoms. The fourth-order valence-corrected chi connectivity index (χ4v) is 1.10. The van der Waals surface area contributed by atoms with Gasteiger partial charge in [-0.15, -0.1) is 0 Å². The van der Waals surface area contributed by atoms with Crippen molar-refractivity contribution in [2.45, 2.75) is 13.3 Å². The van der Waals surface area contributed by atoms with Crippen LogP contribution in [0.15, 0.2) is 40.3 Å². The van der Waals surface area contributed by atoms with E-state index in [9.17, 15) is 0 Å². The van der Waals surface area contributed by atoms with E-state index in [1.54, 1.807) is 13.0 Å². The molecule has 0 fully saturated rings. The first kappa shape index (κ1) is 9.71. The third kappa shape index (κ3) is 4.81. The Morgan fingerprint density at radius 3 is 2.87 bits per heavy atom. The zero-order chi connectivity index (χ0) is 12.0. The van der Waals surface area contributed by atoms with Crippen LogP contribution in [0.25, 0.3) is 0 Å². The Kier molecular flexibility index (Phi) is 3.75. The minimum absolute atomic E-state index is 0.196. The van der Waals surface area contributed by atoms with E-state index in [0.29, 0.717) is 18.4 Å². The third-order valence-electron chi connectivity index (χ3n) is 1.74. The first-order valence-corrected chi connectivity index (χ1v) is 4.74. The number of guanidine groups is 1. The topological polar surface area (TPSA) is 76.8 Å². The van der Waals surface area contributed by atoms with Crippen molar-refractivity contribution in [1.82, 2.24) is 0 Å². The Labute approximate surface area is 91.1 Å². The Hall–Kier alpha value is -1.84. The Morgan fingerprint density at radius 1 is 1.40 bits per heavy atom. The van der Waals surface area contributed by atoms with Gasteiger partial charge in [0.05, 0.1) is 7.21 Å². The second-order valence-electron chi connectivity index (χ2n) is 3.15. The number of rotatable bonds is 3. The Morgan fingerprint density at radius 2 is 2.20 bits per heavy atom. The van der Waals surface area contributed by atoms with E-state index in [4.69, 9.17) is 12.8 Å². The molecule has 1 aromatic carbocycles. The van der Waals surface area contributed by atoms with Crippen LogP contribution in [-0.2, 0) is 6.42 Å². The summed E-state index contributed by atoms with van der Waals surface area (Å²) in [6, 6.07) is 7.87. The molecule has 0 aliphatic rings. The molecule has 0 aliphatic carbocycles. The van der Waals surface area contributed by atoms with E-state index in [2.05, 4.69) is 9.98 Å². The van der Waals surface area contributed by atoms with Crippen molar-refractivity contribution in [3.05, 3.63) is 35.9 Å². The lowest BCUT2D eigenvalue weighted by Gasteiger charge is -1.97. The highest BCUT2D eigenvalue weighted by atomic mass is 15.1. The van der Waals surface area contributed by atoms with E-state index in [1.165, 1.54) is 0 Å². The Bertz CT molecular complexity index is 408. The van der Waals surface area contributed by atoms with E-state index < -0.39 is 0 Å². The minimum Gasteiger partial charge on any atom is -0.387 e. The molecule has 0 amide bonds. The molecule has 15 heavy (non-hydrogen) atoms. The maximum atomic E-state index is 7.45. The molecule has 0 atom stereocenters. The van der Waals surface area contributed by atoms with Crippen LogP contribution in [0.3, 0.4) is 0 Å². The number of amidine groups is 1. The smallest absolute Gasteiger partial charge is 0.216 e. The van der Waals surface area contributed by atoms with Crippen LogP contribution < -0.4 is 11.5 Å². The summed E-state index contributed by atoms with van der Waals surface area (Å²) in [7, 11) is 0. The summed E-state index contributed by atoms with van der Waals surface area (Å²) >= 11 is 0. The highest BCUT2D eigenvalue weighted by Crippen LogP contribution is 1.99. The Balaban J connectivity index is 2.50. The van der Waals surface area contributed by atoms with Crippen molar-refractivity contribution >= 4 is 11.8 Å². The molecule has 4 nitrogen and oxygen atoms in total. The van der Waals surface area contributed by atoms with E-state index in [-0.39, 0.29) is 5.96 Å². The second-order valence-corrected chi connectivity index (χ2v) is 3.15. The van der Waals surface area contributed by atoms with Gasteiger partial charge < -0.3 is 11.5 Å². The number of aliphatic imine (C=N–C) groups is 2. The predicted octanol–water partition coefficient (Wildman–Crippen LogP) is 0.921. The van der Waals surface area contributed by atoms with Gasteiger partial charge in [-0.2, -0.15) is 0 Å². The molecule has 0 radical (unpaired) electrons. The zero-order valence-electron chi connectivity index (χ0n) is 9.77. The summed E-state index contributed by atoms with van der Waals surface area (Å²) in [5.41, 5.74) is 11.9. The van der Waals surface area contributed by atoms with Crippen molar-refractivity contribution in [2.75, 3.05) is 6.54 Å². The molecular formula is C11H16N4. The van der Waals surface area contributed by atoms with Crippen LogP contribution in [0.5, 0.6) is 0 Å². The first-order chi connectivity index (χ1) is 7.58. The molecule has 0 saturated carbocycles. The molecule has 0 aromatic heterocycles. The van der Waals surface area contributed by atoms with E-state index in [1.807, 2.05) is 18.2 Å². The summed E-state index contributed by atoms with van der Waals surface area (Å²) in [6.07, 6.45) is 0.743. The molecule has 0 spiro atoms. The largest absolute Gasteiger partial charge is 0.387 e. The summed E-state index contributed by atoms with van der Waals surface area (Å²) in [4.78, 5) is 7.87. The van der Waals surface area contributed by atoms with E-state index in [0.717, 1.165) is 12.0 Å². The number of hydrogen-bond acceptors (Lipinski definition) is 1. The quantitative estimate of drug-likeness (QED) is 0.568. The van der Waals surface area contributed by atoms with Gasteiger partial charge in [0.2, 0.25) is 5.96 Å². The standard InChI is InChI=1S/C11H16N4/c1-9(12)15-11(13)14-8-7-10-5-3-2-4-6-10/h2-6H,7-8H2,1H3,(H4,12,13,14,15)/i3D. The average Bonchev–Trinajstić information content (AvgIpc) is 2.16. The predicted molar refractivity (Wildman–Crippen MR) is 63.9 cm³/mol. The van der Waals surface area contributed by atoms with Gasteiger partial charge in [-0.25, -0.2) is 4.99 Å². The van der Waals surface area contributed by atoms with Gasteiger partial charge in [0.15, 0.2) is 0 Å². The van der Waals surface area contributed by atoms with Crippen molar-refractivity contribution < 1.29 is 1.37 Å². The molecule has 4 N–H and O–H groups in total. The summed E-state index contributed by atoms with van der Waals surface area (Å²) in [5.74, 6) is 0.594. The minimum atomic E-state index is 0.196. The summed E-state index contributed by atoms with van der Waals surface area (Å²) < 4.78 is 7.45. The highest BCUT2D eigenvalue weighted by Gasteiger charge is 1.91. The monoisotopic (exact) mass is 205 g/mol. The average molecular weight is 205 g/mol.